The fourth-order valence-electron chi connectivity index (χ4n) is 3.43. The topological polar surface area (TPSA) is 38.8 Å². The average molecular weight is 370 g/mol. The molecule has 5 nitrogen and oxygen atoms in total. The molecule has 2 heterocycles. The molecule has 1 aromatic rings. The molecular formula is C18H25F3N4O. The Morgan fingerprint density at radius 2 is 1.73 bits per heavy atom. The lowest BCUT2D eigenvalue weighted by atomic mass is 10.1. The lowest BCUT2D eigenvalue weighted by molar-refractivity contribution is -0.137. The van der Waals surface area contributed by atoms with Gasteiger partial charge in [0.1, 0.15) is 0 Å². The molecule has 3 rings (SSSR count). The van der Waals surface area contributed by atoms with E-state index in [0.717, 1.165) is 45.3 Å². The molecule has 2 fully saturated rings. The van der Waals surface area contributed by atoms with Crippen LogP contribution in [0.15, 0.2) is 24.3 Å². The molecule has 0 aromatic heterocycles. The van der Waals surface area contributed by atoms with Crippen molar-refractivity contribution in [3.8, 4) is 0 Å². The van der Waals surface area contributed by atoms with Crippen LogP contribution < -0.4 is 10.2 Å². The Labute approximate surface area is 151 Å². The second kappa shape index (κ2) is 8.26. The number of rotatable bonds is 4. The van der Waals surface area contributed by atoms with Gasteiger partial charge < -0.3 is 15.1 Å². The zero-order chi connectivity index (χ0) is 18.6. The molecule has 2 aliphatic rings. The van der Waals surface area contributed by atoms with E-state index < -0.39 is 11.7 Å². The molecule has 0 atom stereocenters. The number of anilines is 1. The molecule has 2 aliphatic heterocycles. The first-order valence-electron chi connectivity index (χ1n) is 9.06. The normalized spacial score (nSPS) is 19.7. The molecule has 0 unspecified atom stereocenters. The van der Waals surface area contributed by atoms with E-state index in [1.807, 2.05) is 9.80 Å². The van der Waals surface area contributed by atoms with Crippen molar-refractivity contribution in [1.82, 2.24) is 15.1 Å². The first-order chi connectivity index (χ1) is 12.4. The van der Waals surface area contributed by atoms with Gasteiger partial charge in [0, 0.05) is 71.0 Å². The van der Waals surface area contributed by atoms with Crippen molar-refractivity contribution in [3.63, 3.8) is 0 Å². The standard InChI is InChI=1S/C18H25F3N4O/c19-18(20,21)15-2-1-3-16(14-15)24-12-10-23(11-13-24)7-4-17(26)25-8-5-22-6-9-25/h1-3,14,22H,4-13H2. The molecule has 1 aromatic carbocycles. The Bertz CT molecular complexity index is 609. The number of piperazine rings is 2. The summed E-state index contributed by atoms with van der Waals surface area (Å²) in [5, 5.41) is 3.23. The van der Waals surface area contributed by atoms with Crippen LogP contribution in [0, 0.1) is 0 Å². The van der Waals surface area contributed by atoms with Crippen LogP contribution in [0.25, 0.3) is 0 Å². The van der Waals surface area contributed by atoms with E-state index in [1.54, 1.807) is 6.07 Å². The summed E-state index contributed by atoms with van der Waals surface area (Å²) in [6.07, 6.45) is -3.81. The zero-order valence-corrected chi connectivity index (χ0v) is 14.8. The lowest BCUT2D eigenvalue weighted by Gasteiger charge is -2.36. The van der Waals surface area contributed by atoms with Crippen molar-refractivity contribution in [2.75, 3.05) is 63.8 Å². The van der Waals surface area contributed by atoms with E-state index in [4.69, 9.17) is 0 Å². The Balaban J connectivity index is 1.46. The molecule has 26 heavy (non-hydrogen) atoms. The smallest absolute Gasteiger partial charge is 0.369 e. The molecule has 1 amide bonds. The second-order valence-electron chi connectivity index (χ2n) is 6.76. The van der Waals surface area contributed by atoms with Crippen LogP contribution in [0.5, 0.6) is 0 Å². The predicted octanol–water partition coefficient (Wildman–Crippen LogP) is 1.65. The summed E-state index contributed by atoms with van der Waals surface area (Å²) in [6, 6.07) is 5.49. The molecule has 2 saturated heterocycles. The van der Waals surface area contributed by atoms with Crippen molar-refractivity contribution in [1.29, 1.82) is 0 Å². The van der Waals surface area contributed by atoms with Crippen LogP contribution in [-0.2, 0) is 11.0 Å². The number of alkyl halides is 3. The lowest BCUT2D eigenvalue weighted by Crippen LogP contribution is -2.49. The van der Waals surface area contributed by atoms with Gasteiger partial charge in [-0.25, -0.2) is 0 Å². The number of hydrogen-bond donors (Lipinski definition) is 1. The van der Waals surface area contributed by atoms with Gasteiger partial charge >= 0.3 is 6.18 Å². The van der Waals surface area contributed by atoms with Gasteiger partial charge in [0.05, 0.1) is 5.56 Å². The number of halogens is 3. The van der Waals surface area contributed by atoms with Gasteiger partial charge in [-0.15, -0.1) is 0 Å². The zero-order valence-electron chi connectivity index (χ0n) is 14.8. The van der Waals surface area contributed by atoms with Crippen LogP contribution in [-0.4, -0.2) is 74.6 Å². The molecule has 0 saturated carbocycles. The molecule has 0 bridgehead atoms. The number of hydrogen-bond acceptors (Lipinski definition) is 4. The monoisotopic (exact) mass is 370 g/mol. The Kier molecular flexibility index (Phi) is 6.03. The van der Waals surface area contributed by atoms with Gasteiger partial charge in [-0.05, 0) is 18.2 Å². The summed E-state index contributed by atoms with van der Waals surface area (Å²) in [5.74, 6) is 0.187. The van der Waals surface area contributed by atoms with Crippen molar-refractivity contribution >= 4 is 11.6 Å². The summed E-state index contributed by atoms with van der Waals surface area (Å²) >= 11 is 0. The van der Waals surface area contributed by atoms with Crippen molar-refractivity contribution in [2.45, 2.75) is 12.6 Å². The summed E-state index contributed by atoms with van der Waals surface area (Å²) in [5.41, 5.74) is -0.00424. The largest absolute Gasteiger partial charge is 0.416 e. The first kappa shape index (κ1) is 19.0. The van der Waals surface area contributed by atoms with Gasteiger partial charge in [0.25, 0.3) is 0 Å². The van der Waals surface area contributed by atoms with Gasteiger partial charge in [-0.3, -0.25) is 9.69 Å². The van der Waals surface area contributed by atoms with E-state index in [2.05, 4.69) is 10.2 Å². The van der Waals surface area contributed by atoms with Crippen LogP contribution in [0.2, 0.25) is 0 Å². The number of benzene rings is 1. The van der Waals surface area contributed by atoms with E-state index in [0.29, 0.717) is 31.7 Å². The van der Waals surface area contributed by atoms with Gasteiger partial charge in [-0.1, -0.05) is 6.07 Å². The number of nitrogens with zero attached hydrogens (tertiary/aromatic N) is 3. The summed E-state index contributed by atoms with van der Waals surface area (Å²) < 4.78 is 38.6. The summed E-state index contributed by atoms with van der Waals surface area (Å²) in [6.45, 7) is 6.79. The highest BCUT2D eigenvalue weighted by molar-refractivity contribution is 5.76. The third-order valence-electron chi connectivity index (χ3n) is 5.02. The number of amides is 1. The van der Waals surface area contributed by atoms with E-state index in [1.165, 1.54) is 12.1 Å². The van der Waals surface area contributed by atoms with Crippen molar-refractivity contribution in [3.05, 3.63) is 29.8 Å². The molecule has 0 spiro atoms. The molecule has 0 aliphatic carbocycles. The maximum Gasteiger partial charge on any atom is 0.416 e. The number of nitrogens with one attached hydrogen (secondary N) is 1. The molecule has 8 heteroatoms. The highest BCUT2D eigenvalue weighted by Gasteiger charge is 2.31. The molecule has 0 radical (unpaired) electrons. The number of carbonyl (C=O) groups excluding carboxylic acids is 1. The number of carbonyl (C=O) groups is 1. The fourth-order valence-corrected chi connectivity index (χ4v) is 3.43. The van der Waals surface area contributed by atoms with Gasteiger partial charge in [0.2, 0.25) is 5.91 Å². The van der Waals surface area contributed by atoms with E-state index in [9.17, 15) is 18.0 Å². The molecule has 144 valence electrons. The third kappa shape index (κ3) is 4.88. The van der Waals surface area contributed by atoms with Crippen LogP contribution in [0.1, 0.15) is 12.0 Å². The molecular weight excluding hydrogens is 345 g/mol. The van der Waals surface area contributed by atoms with Gasteiger partial charge in [0.15, 0.2) is 0 Å². The third-order valence-corrected chi connectivity index (χ3v) is 5.02. The minimum Gasteiger partial charge on any atom is -0.369 e. The average Bonchev–Trinajstić information content (AvgIpc) is 2.66. The quantitative estimate of drug-likeness (QED) is 0.875. The highest BCUT2D eigenvalue weighted by Crippen LogP contribution is 2.31. The van der Waals surface area contributed by atoms with Crippen LogP contribution in [0.3, 0.4) is 0 Å². The SMILES string of the molecule is O=C(CCN1CCN(c2cccc(C(F)(F)F)c2)CC1)N1CCNCC1. The Morgan fingerprint density at radius 3 is 2.38 bits per heavy atom. The predicted molar refractivity (Wildman–Crippen MR) is 94.2 cm³/mol. The van der Waals surface area contributed by atoms with E-state index in [-0.39, 0.29) is 5.91 Å². The maximum atomic E-state index is 12.9. The molecule has 1 N–H and O–H groups in total. The van der Waals surface area contributed by atoms with Crippen molar-refractivity contribution in [2.24, 2.45) is 0 Å². The highest BCUT2D eigenvalue weighted by atomic mass is 19.4. The minimum absolute atomic E-state index is 0.187. The first-order valence-corrected chi connectivity index (χ1v) is 9.06. The fraction of sp³-hybridized carbons (Fsp3) is 0.611. The second-order valence-corrected chi connectivity index (χ2v) is 6.76. The summed E-state index contributed by atoms with van der Waals surface area (Å²) in [7, 11) is 0. The summed E-state index contributed by atoms with van der Waals surface area (Å²) in [4.78, 5) is 18.3. The Morgan fingerprint density at radius 1 is 1.04 bits per heavy atom. The van der Waals surface area contributed by atoms with Crippen LogP contribution >= 0.6 is 0 Å². The van der Waals surface area contributed by atoms with Gasteiger partial charge in [-0.2, -0.15) is 13.2 Å². The maximum absolute atomic E-state index is 12.9. The Hall–Kier alpha value is -1.80. The van der Waals surface area contributed by atoms with Crippen LogP contribution in [0.4, 0.5) is 18.9 Å². The van der Waals surface area contributed by atoms with E-state index >= 15 is 0 Å². The van der Waals surface area contributed by atoms with Crippen molar-refractivity contribution < 1.29 is 18.0 Å². The minimum atomic E-state index is -4.32.